The van der Waals surface area contributed by atoms with E-state index >= 15 is 0 Å². The first-order valence-corrected chi connectivity index (χ1v) is 2.30. The van der Waals surface area contributed by atoms with Gasteiger partial charge in [-0.05, 0) is 6.07 Å². The first-order chi connectivity index (χ1) is 3.93. The summed E-state index contributed by atoms with van der Waals surface area (Å²) in [6.45, 7) is 0. The zero-order valence-corrected chi connectivity index (χ0v) is 4.29. The van der Waals surface area contributed by atoms with E-state index in [9.17, 15) is 0 Å². The van der Waals surface area contributed by atoms with Crippen molar-refractivity contribution in [1.82, 2.24) is 4.98 Å². The minimum Gasteiger partial charge on any atom is -0.538 e. The van der Waals surface area contributed by atoms with Crippen molar-refractivity contribution in [3.63, 3.8) is 0 Å². The molecular weight excluding hydrogens is 105 g/mol. The number of aromatic amines is 1. The van der Waals surface area contributed by atoms with Gasteiger partial charge in [-0.15, -0.1) is 0 Å². The molecule has 0 radical (unpaired) electrons. The maximum Gasteiger partial charge on any atom is 0.504 e. The Kier molecular flexibility index (Phi) is 1.59. The van der Waals surface area contributed by atoms with Crippen molar-refractivity contribution in [2.45, 2.75) is 0 Å². The summed E-state index contributed by atoms with van der Waals surface area (Å²) in [5.74, 6) is 0.660. The topological polar surface area (TPSA) is 45.2 Å². The van der Waals surface area contributed by atoms with Crippen LogP contribution in [0, 0.1) is 0 Å². The molecule has 4 heteroatoms. The highest BCUT2D eigenvalue weighted by Gasteiger charge is 1.88. The molecule has 1 rings (SSSR count). The largest absolute Gasteiger partial charge is 0.538 e. The molecule has 0 aromatic carbocycles. The number of rotatable bonds is 2. The molecule has 0 aliphatic carbocycles. The van der Waals surface area contributed by atoms with E-state index in [0.29, 0.717) is 5.75 Å². The summed E-state index contributed by atoms with van der Waals surface area (Å²) in [5.41, 5.74) is 0. The maximum absolute atomic E-state index is 8.20. The fraction of sp³-hybridized carbons (Fsp3) is 0. The molecule has 0 spiro atoms. The van der Waals surface area contributed by atoms with Crippen LogP contribution >= 0.6 is 0 Å². The van der Waals surface area contributed by atoms with Gasteiger partial charge in [-0.25, -0.2) is 0 Å². The van der Waals surface area contributed by atoms with Gasteiger partial charge in [0.25, 0.3) is 0 Å². The van der Waals surface area contributed by atoms with E-state index in [0.717, 1.165) is 0 Å². The summed E-state index contributed by atoms with van der Waals surface area (Å²) in [5, 5.41) is 8.20. The Balaban J connectivity index is 2.50. The zero-order valence-electron chi connectivity index (χ0n) is 4.29. The fourth-order valence-corrected chi connectivity index (χ4v) is 0.473. The molecule has 0 fully saturated rings. The van der Waals surface area contributed by atoms with Gasteiger partial charge in [-0.1, -0.05) is 0 Å². The number of hydrogen-bond acceptors (Lipinski definition) is 2. The van der Waals surface area contributed by atoms with E-state index in [1.807, 2.05) is 0 Å². The summed E-state index contributed by atoms with van der Waals surface area (Å²) in [6.07, 6.45) is 3.39. The lowest BCUT2D eigenvalue weighted by Gasteiger charge is -1.92. The van der Waals surface area contributed by atoms with E-state index in [1.165, 1.54) is 0 Å². The summed E-state index contributed by atoms with van der Waals surface area (Å²) >= 11 is 0. The number of aromatic nitrogens is 1. The molecule has 0 bridgehead atoms. The van der Waals surface area contributed by atoms with E-state index in [4.69, 9.17) is 5.02 Å². The Hall–Kier alpha value is -0.895. The maximum atomic E-state index is 8.20. The van der Waals surface area contributed by atoms with Gasteiger partial charge in [0.05, 0.1) is 0 Å². The highest BCUT2D eigenvalue weighted by Crippen LogP contribution is 2.04. The fourth-order valence-electron chi connectivity index (χ4n) is 0.473. The Bertz CT molecular complexity index is 140. The van der Waals surface area contributed by atoms with Gasteiger partial charge in [-0.2, -0.15) is 0 Å². The summed E-state index contributed by atoms with van der Waals surface area (Å²) in [6, 6.07) is 1.73. The minimum atomic E-state index is -0.266. The van der Waals surface area contributed by atoms with Gasteiger partial charge in [0.15, 0.2) is 0 Å². The quantitative estimate of drug-likeness (QED) is 0.512. The van der Waals surface area contributed by atoms with Crippen LogP contribution in [0.2, 0.25) is 0 Å². The molecule has 0 aliphatic rings. The van der Waals surface area contributed by atoms with Crippen molar-refractivity contribution in [1.29, 1.82) is 0 Å². The molecule has 1 heterocycles. The third-order valence-electron chi connectivity index (χ3n) is 0.801. The van der Waals surface area contributed by atoms with Crippen LogP contribution in [-0.2, 0) is 0 Å². The molecular formula is C4H6BNO2. The summed E-state index contributed by atoms with van der Waals surface area (Å²) < 4.78 is 4.67. The normalized spacial score (nSPS) is 8.62. The lowest BCUT2D eigenvalue weighted by Crippen LogP contribution is -1.97. The Labute approximate surface area is 47.6 Å². The van der Waals surface area contributed by atoms with E-state index < -0.39 is 0 Å². The van der Waals surface area contributed by atoms with Gasteiger partial charge < -0.3 is 14.7 Å². The highest BCUT2D eigenvalue weighted by atomic mass is 16.5. The smallest absolute Gasteiger partial charge is 0.504 e. The molecule has 0 unspecified atom stereocenters. The van der Waals surface area contributed by atoms with Crippen LogP contribution in [0.4, 0.5) is 0 Å². The molecule has 0 saturated heterocycles. The Morgan fingerprint density at radius 1 is 1.75 bits per heavy atom. The van der Waals surface area contributed by atoms with E-state index in [2.05, 4.69) is 9.64 Å². The third-order valence-corrected chi connectivity index (χ3v) is 0.801. The average Bonchev–Trinajstić information content (AvgIpc) is 2.19. The molecule has 0 aliphatic heterocycles. The number of hydrogen-bond donors (Lipinski definition) is 2. The first kappa shape index (κ1) is 5.25. The van der Waals surface area contributed by atoms with Crippen molar-refractivity contribution in [2.75, 3.05) is 0 Å². The second kappa shape index (κ2) is 2.42. The minimum absolute atomic E-state index is 0.266. The molecule has 1 aromatic rings. The van der Waals surface area contributed by atoms with Crippen LogP contribution in [0.15, 0.2) is 18.5 Å². The van der Waals surface area contributed by atoms with Gasteiger partial charge in [-0.3, -0.25) is 0 Å². The zero-order chi connectivity index (χ0) is 5.82. The molecule has 3 nitrogen and oxygen atoms in total. The molecule has 42 valence electrons. The number of H-pyrrole nitrogens is 1. The SMILES string of the molecule is OBOc1cc[nH]c1. The average molecular weight is 111 g/mol. The van der Waals surface area contributed by atoms with Gasteiger partial charge in [0.1, 0.15) is 5.75 Å². The van der Waals surface area contributed by atoms with E-state index in [1.54, 1.807) is 18.5 Å². The molecule has 8 heavy (non-hydrogen) atoms. The standard InChI is InChI=1S/C4H6BNO2/c7-5-8-4-1-2-6-3-4/h1-3,5-7H. The predicted molar refractivity (Wildman–Crippen MR) is 30.8 cm³/mol. The van der Waals surface area contributed by atoms with Gasteiger partial charge in [0, 0.05) is 12.4 Å². The Morgan fingerprint density at radius 3 is 3.12 bits per heavy atom. The van der Waals surface area contributed by atoms with Crippen LogP contribution in [0.1, 0.15) is 0 Å². The van der Waals surface area contributed by atoms with Crippen LogP contribution in [-0.4, -0.2) is 17.7 Å². The molecule has 0 amide bonds. The second-order valence-corrected chi connectivity index (χ2v) is 1.32. The van der Waals surface area contributed by atoms with Gasteiger partial charge in [0.2, 0.25) is 0 Å². The first-order valence-electron chi connectivity index (χ1n) is 2.30. The van der Waals surface area contributed by atoms with Crippen molar-refractivity contribution >= 4 is 7.69 Å². The monoisotopic (exact) mass is 111 g/mol. The molecule has 1 aromatic heterocycles. The van der Waals surface area contributed by atoms with Crippen molar-refractivity contribution in [3.8, 4) is 5.75 Å². The van der Waals surface area contributed by atoms with Crippen LogP contribution in [0.25, 0.3) is 0 Å². The summed E-state index contributed by atoms with van der Waals surface area (Å²) in [4.78, 5) is 2.78. The second-order valence-electron chi connectivity index (χ2n) is 1.32. The van der Waals surface area contributed by atoms with E-state index in [-0.39, 0.29) is 7.69 Å². The Morgan fingerprint density at radius 2 is 2.62 bits per heavy atom. The predicted octanol–water partition coefficient (Wildman–Crippen LogP) is -0.348. The van der Waals surface area contributed by atoms with Crippen molar-refractivity contribution in [2.24, 2.45) is 0 Å². The van der Waals surface area contributed by atoms with Crippen LogP contribution < -0.4 is 4.65 Å². The lowest BCUT2D eigenvalue weighted by molar-refractivity contribution is 0.454. The van der Waals surface area contributed by atoms with Crippen LogP contribution in [0.5, 0.6) is 5.75 Å². The number of nitrogens with one attached hydrogen (secondary N) is 1. The molecule has 2 N–H and O–H groups in total. The third kappa shape index (κ3) is 1.04. The molecule has 0 atom stereocenters. The lowest BCUT2D eigenvalue weighted by atomic mass is 10.4. The molecule has 0 saturated carbocycles. The highest BCUT2D eigenvalue weighted by molar-refractivity contribution is 6.17. The van der Waals surface area contributed by atoms with Crippen LogP contribution in [0.3, 0.4) is 0 Å². The summed E-state index contributed by atoms with van der Waals surface area (Å²) in [7, 11) is -0.266. The van der Waals surface area contributed by atoms with Crippen molar-refractivity contribution in [3.05, 3.63) is 18.5 Å². The van der Waals surface area contributed by atoms with Gasteiger partial charge >= 0.3 is 7.69 Å². The van der Waals surface area contributed by atoms with Crippen molar-refractivity contribution < 1.29 is 9.68 Å².